The van der Waals surface area contributed by atoms with Crippen molar-refractivity contribution in [2.45, 2.75) is 44.4 Å². The van der Waals surface area contributed by atoms with Gasteiger partial charge in [-0.2, -0.15) is 0 Å². The number of hydrogen-bond acceptors (Lipinski definition) is 6. The van der Waals surface area contributed by atoms with E-state index in [4.69, 9.17) is 15.3 Å². The maximum Gasteiger partial charge on any atom is 0.184 e. The van der Waals surface area contributed by atoms with E-state index in [2.05, 4.69) is 150 Å². The molecule has 1 aliphatic rings. The summed E-state index contributed by atoms with van der Waals surface area (Å²) in [6.07, 6.45) is 5.51. The second-order valence-corrected chi connectivity index (χ2v) is 12.8. The zero-order valence-electron chi connectivity index (χ0n) is 28.1. The molecule has 0 saturated heterocycles. The van der Waals surface area contributed by atoms with E-state index in [1.807, 2.05) is 35.1 Å². The molecule has 246 valence electrons. The van der Waals surface area contributed by atoms with Crippen molar-refractivity contribution in [3.8, 4) is 22.5 Å². The lowest BCUT2D eigenvalue weighted by Crippen LogP contribution is -2.39. The second kappa shape index (κ2) is 13.8. The summed E-state index contributed by atoms with van der Waals surface area (Å²) < 4.78 is 2.00. The Balaban J connectivity index is 1.20. The molecule has 8 rings (SSSR count). The van der Waals surface area contributed by atoms with Crippen molar-refractivity contribution in [2.75, 3.05) is 10.2 Å². The second-order valence-electron chi connectivity index (χ2n) is 12.8. The van der Waals surface area contributed by atoms with Crippen LogP contribution in [0.2, 0.25) is 0 Å². The largest absolute Gasteiger partial charge is 0.362 e. The third-order valence-electron chi connectivity index (χ3n) is 9.74. The van der Waals surface area contributed by atoms with Gasteiger partial charge in [0.25, 0.3) is 0 Å². The van der Waals surface area contributed by atoms with E-state index in [-0.39, 0.29) is 6.17 Å². The van der Waals surface area contributed by atoms with Crippen molar-refractivity contribution in [1.29, 1.82) is 0 Å². The van der Waals surface area contributed by atoms with Crippen LogP contribution >= 0.6 is 0 Å². The number of nitrogens with one attached hydrogen (secondary N) is 1. The number of tetrazole rings is 1. The average molecular weight is 654 g/mol. The summed E-state index contributed by atoms with van der Waals surface area (Å²) >= 11 is 0. The van der Waals surface area contributed by atoms with Gasteiger partial charge in [-0.15, -0.1) is 5.10 Å². The van der Waals surface area contributed by atoms with E-state index < -0.39 is 5.54 Å². The van der Waals surface area contributed by atoms with E-state index in [9.17, 15) is 0 Å². The zero-order chi connectivity index (χ0) is 33.8. The fourth-order valence-electron chi connectivity index (χ4n) is 7.36. The molecular weight excluding hydrogens is 615 g/mol. The van der Waals surface area contributed by atoms with Crippen molar-refractivity contribution in [1.82, 2.24) is 25.2 Å². The Hall–Kier alpha value is -6.08. The lowest BCUT2D eigenvalue weighted by molar-refractivity contribution is 0.451. The van der Waals surface area contributed by atoms with Gasteiger partial charge >= 0.3 is 0 Å². The average Bonchev–Trinajstić information content (AvgIpc) is 3.81. The molecule has 2 aromatic heterocycles. The van der Waals surface area contributed by atoms with Crippen LogP contribution in [0.1, 0.15) is 48.4 Å². The molecule has 7 heteroatoms. The molecule has 1 unspecified atom stereocenters. The fourth-order valence-corrected chi connectivity index (χ4v) is 7.36. The van der Waals surface area contributed by atoms with Gasteiger partial charge in [0, 0.05) is 18.3 Å². The maximum atomic E-state index is 4.79. The van der Waals surface area contributed by atoms with E-state index in [0.717, 1.165) is 70.7 Å². The molecule has 0 spiro atoms. The summed E-state index contributed by atoms with van der Waals surface area (Å²) in [4.78, 5) is 7.14. The molecule has 0 radical (unpaired) electrons. The van der Waals surface area contributed by atoms with Crippen LogP contribution in [0.25, 0.3) is 22.5 Å². The molecular formula is C43H39N7. The molecule has 0 amide bonds. The van der Waals surface area contributed by atoms with Gasteiger partial charge in [-0.3, -0.25) is 0 Å². The monoisotopic (exact) mass is 653 g/mol. The standard InChI is InChI=1S/C43H39N7/c1-2-3-25-40-45-39-24-15-30-44-42(39)49(40)31-32-26-28-33(29-27-32)37-22-13-14-23-38(37)41-46-47-48-50(41)43(34-16-7-4-8-17-34,35-18-9-5-10-19-35)36-20-11-6-12-21-36/h4-24,26-30,40,45H,2-3,25,31H2,1H3. The smallest absolute Gasteiger partial charge is 0.184 e. The number of hydrogen-bond donors (Lipinski definition) is 1. The van der Waals surface area contributed by atoms with Crippen molar-refractivity contribution in [2.24, 2.45) is 0 Å². The number of benzene rings is 5. The molecule has 0 fully saturated rings. The molecule has 0 aliphatic carbocycles. The van der Waals surface area contributed by atoms with Crippen molar-refractivity contribution < 1.29 is 0 Å². The van der Waals surface area contributed by atoms with Crippen molar-refractivity contribution in [3.63, 3.8) is 0 Å². The van der Waals surface area contributed by atoms with Gasteiger partial charge in [0.15, 0.2) is 11.6 Å². The first-order valence-electron chi connectivity index (χ1n) is 17.4. The van der Waals surface area contributed by atoms with Gasteiger partial charge in [-0.05, 0) is 68.8 Å². The van der Waals surface area contributed by atoms with Crippen LogP contribution in [0.5, 0.6) is 0 Å². The van der Waals surface area contributed by atoms with Gasteiger partial charge in [0.2, 0.25) is 0 Å². The SMILES string of the molecule is CCCCC1Nc2cccnc2N1Cc1ccc(-c2ccccc2-c2nnnn2C(c2ccccc2)(c2ccccc2)c2ccccc2)cc1. The summed E-state index contributed by atoms with van der Waals surface area (Å²) in [5.74, 6) is 1.71. The molecule has 7 nitrogen and oxygen atoms in total. The van der Waals surface area contributed by atoms with Crippen LogP contribution in [-0.4, -0.2) is 31.4 Å². The Bertz CT molecular complexity index is 2070. The molecule has 0 bridgehead atoms. The van der Waals surface area contributed by atoms with Gasteiger partial charge in [0.05, 0.1) is 5.69 Å². The van der Waals surface area contributed by atoms with Crippen LogP contribution in [0.4, 0.5) is 11.5 Å². The van der Waals surface area contributed by atoms with E-state index in [1.54, 1.807) is 0 Å². The predicted molar refractivity (Wildman–Crippen MR) is 201 cm³/mol. The van der Waals surface area contributed by atoms with Gasteiger partial charge in [-0.25, -0.2) is 9.67 Å². The molecule has 1 aliphatic heterocycles. The number of unbranched alkanes of at least 4 members (excludes halogenated alkanes) is 1. The number of rotatable bonds is 11. The number of aromatic nitrogens is 5. The van der Waals surface area contributed by atoms with E-state index in [1.165, 1.54) is 5.56 Å². The number of nitrogens with zero attached hydrogens (tertiary/aromatic N) is 6. The quantitative estimate of drug-likeness (QED) is 0.140. The van der Waals surface area contributed by atoms with Crippen LogP contribution in [0.3, 0.4) is 0 Å². The van der Waals surface area contributed by atoms with Crippen molar-refractivity contribution in [3.05, 3.63) is 180 Å². The molecule has 1 atom stereocenters. The molecule has 7 aromatic rings. The zero-order valence-corrected chi connectivity index (χ0v) is 28.1. The highest BCUT2D eigenvalue weighted by Gasteiger charge is 2.42. The minimum Gasteiger partial charge on any atom is -0.362 e. The van der Waals surface area contributed by atoms with Crippen LogP contribution in [0.15, 0.2) is 158 Å². The van der Waals surface area contributed by atoms with Crippen LogP contribution in [-0.2, 0) is 12.1 Å². The highest BCUT2D eigenvalue weighted by atomic mass is 15.6. The van der Waals surface area contributed by atoms with Crippen LogP contribution < -0.4 is 10.2 Å². The normalized spacial score (nSPS) is 13.9. The first-order chi connectivity index (χ1) is 24.8. The highest BCUT2D eigenvalue weighted by Crippen LogP contribution is 2.43. The fraction of sp³-hybridized carbons (Fsp3) is 0.163. The molecule has 50 heavy (non-hydrogen) atoms. The lowest BCUT2D eigenvalue weighted by atomic mass is 9.77. The Morgan fingerprint density at radius 2 is 1.26 bits per heavy atom. The van der Waals surface area contributed by atoms with E-state index in [0.29, 0.717) is 5.82 Å². The third kappa shape index (κ3) is 5.60. The first kappa shape index (κ1) is 31.2. The summed E-state index contributed by atoms with van der Waals surface area (Å²) in [5, 5.41) is 17.6. The predicted octanol–water partition coefficient (Wildman–Crippen LogP) is 9.19. The minimum absolute atomic E-state index is 0.234. The number of fused-ring (bicyclic) bond motifs is 1. The summed E-state index contributed by atoms with van der Waals surface area (Å²) in [7, 11) is 0. The summed E-state index contributed by atoms with van der Waals surface area (Å²) in [6.45, 7) is 3.02. The third-order valence-corrected chi connectivity index (χ3v) is 9.74. The molecule has 5 aromatic carbocycles. The van der Waals surface area contributed by atoms with Crippen molar-refractivity contribution >= 4 is 11.5 Å². The Morgan fingerprint density at radius 3 is 1.88 bits per heavy atom. The Labute approximate surface area is 293 Å². The lowest BCUT2D eigenvalue weighted by Gasteiger charge is -2.36. The topological polar surface area (TPSA) is 71.8 Å². The van der Waals surface area contributed by atoms with Gasteiger partial charge in [-0.1, -0.05) is 153 Å². The molecule has 3 heterocycles. The summed E-state index contributed by atoms with van der Waals surface area (Å²) in [6, 6.07) is 53.0. The van der Waals surface area contributed by atoms with Gasteiger partial charge in [0.1, 0.15) is 11.7 Å². The molecule has 0 saturated carbocycles. The minimum atomic E-state index is -0.831. The van der Waals surface area contributed by atoms with E-state index >= 15 is 0 Å². The van der Waals surface area contributed by atoms with Gasteiger partial charge < -0.3 is 10.2 Å². The Morgan fingerprint density at radius 1 is 0.660 bits per heavy atom. The first-order valence-corrected chi connectivity index (χ1v) is 17.4. The Kier molecular flexibility index (Phi) is 8.61. The molecule has 1 N–H and O–H groups in total. The maximum absolute atomic E-state index is 4.79. The summed E-state index contributed by atoms with van der Waals surface area (Å²) in [5.41, 5.74) is 7.83. The number of pyridine rings is 1. The number of anilines is 2. The highest BCUT2D eigenvalue weighted by molar-refractivity contribution is 5.81. The van der Waals surface area contributed by atoms with Crippen LogP contribution in [0, 0.1) is 0 Å².